The van der Waals surface area contributed by atoms with Crippen molar-refractivity contribution in [1.82, 2.24) is 0 Å². The molecule has 4 rings (SSSR count). The van der Waals surface area contributed by atoms with Gasteiger partial charge in [-0.2, -0.15) is 10.5 Å². The Morgan fingerprint density at radius 2 is 1.59 bits per heavy atom. The van der Waals surface area contributed by atoms with E-state index in [1.807, 2.05) is 19.9 Å². The Labute approximate surface area is 216 Å². The lowest BCUT2D eigenvalue weighted by molar-refractivity contribution is 0.0600. The van der Waals surface area contributed by atoms with Crippen molar-refractivity contribution in [2.45, 2.75) is 30.7 Å². The molecule has 2 atom stereocenters. The first-order valence-electron chi connectivity index (χ1n) is 11.5. The molecule has 0 aromatic heterocycles. The number of rotatable bonds is 5. The van der Waals surface area contributed by atoms with Gasteiger partial charge < -0.3 is 4.74 Å². The highest BCUT2D eigenvalue weighted by atomic mass is 32.2. The highest BCUT2D eigenvalue weighted by Gasteiger charge is 2.57. The first-order chi connectivity index (χ1) is 17.6. The van der Waals surface area contributed by atoms with Crippen molar-refractivity contribution >= 4 is 21.7 Å². The summed E-state index contributed by atoms with van der Waals surface area (Å²) >= 11 is 0. The second kappa shape index (κ2) is 9.57. The van der Waals surface area contributed by atoms with Crippen LogP contribution < -0.4 is 4.31 Å². The lowest BCUT2D eigenvalue weighted by Gasteiger charge is -2.47. The van der Waals surface area contributed by atoms with Crippen LogP contribution in [-0.4, -0.2) is 21.5 Å². The molecule has 1 aliphatic rings. The number of ether oxygens (including phenoxy) is 1. The van der Waals surface area contributed by atoms with Gasteiger partial charge in [0.15, 0.2) is 5.41 Å². The molecule has 1 heterocycles. The highest BCUT2D eigenvalue weighted by molar-refractivity contribution is 7.92. The highest BCUT2D eigenvalue weighted by Crippen LogP contribution is 2.57. The number of carbonyl (C=O) groups is 1. The second-order valence-corrected chi connectivity index (χ2v) is 10.8. The summed E-state index contributed by atoms with van der Waals surface area (Å²) in [7, 11) is -2.99. The van der Waals surface area contributed by atoms with E-state index >= 15 is 0 Å². The molecule has 0 aliphatic carbocycles. The summed E-state index contributed by atoms with van der Waals surface area (Å²) in [6.07, 6.45) is 1.52. The normalized spacial score (nSPS) is 18.1. The fraction of sp³-hybridized carbons (Fsp3) is 0.207. The van der Waals surface area contributed by atoms with Gasteiger partial charge in [0.25, 0.3) is 10.0 Å². The summed E-state index contributed by atoms with van der Waals surface area (Å²) in [5.74, 6) is -1.34. The van der Waals surface area contributed by atoms with Gasteiger partial charge in [-0.1, -0.05) is 48.0 Å². The first kappa shape index (κ1) is 25.7. The van der Waals surface area contributed by atoms with Crippen LogP contribution in [0.4, 0.5) is 5.69 Å². The van der Waals surface area contributed by atoms with Crippen molar-refractivity contribution in [3.63, 3.8) is 0 Å². The van der Waals surface area contributed by atoms with Crippen LogP contribution in [0.15, 0.2) is 84.3 Å². The number of hydrogen-bond acceptors (Lipinski definition) is 6. The minimum Gasteiger partial charge on any atom is -0.465 e. The molecule has 37 heavy (non-hydrogen) atoms. The molecule has 0 radical (unpaired) electrons. The zero-order chi connectivity index (χ0) is 27.0. The molecule has 0 amide bonds. The van der Waals surface area contributed by atoms with Gasteiger partial charge in [0.1, 0.15) is 6.04 Å². The number of carbonyl (C=O) groups excluding carboxylic acids is 1. The number of nitriles is 2. The van der Waals surface area contributed by atoms with E-state index in [-0.39, 0.29) is 10.5 Å². The zero-order valence-electron chi connectivity index (χ0n) is 20.7. The van der Waals surface area contributed by atoms with E-state index in [1.54, 1.807) is 36.4 Å². The van der Waals surface area contributed by atoms with E-state index in [0.29, 0.717) is 16.8 Å². The smallest absolute Gasteiger partial charge is 0.337 e. The molecule has 0 fully saturated rings. The minimum absolute atomic E-state index is 0.0311. The van der Waals surface area contributed by atoms with Gasteiger partial charge >= 0.3 is 5.97 Å². The number of fused-ring (bicyclic) bond motifs is 1. The number of aryl methyl sites for hydroxylation is 2. The van der Waals surface area contributed by atoms with E-state index < -0.39 is 33.4 Å². The Kier molecular flexibility index (Phi) is 6.64. The van der Waals surface area contributed by atoms with E-state index in [9.17, 15) is 23.7 Å². The molecule has 3 aromatic carbocycles. The maximum Gasteiger partial charge on any atom is 0.337 e. The molecule has 3 aromatic rings. The van der Waals surface area contributed by atoms with Crippen LogP contribution in [0.2, 0.25) is 0 Å². The third kappa shape index (κ3) is 4.06. The predicted octanol–water partition coefficient (Wildman–Crippen LogP) is 5.34. The van der Waals surface area contributed by atoms with Gasteiger partial charge in [-0.25, -0.2) is 13.2 Å². The molecule has 0 saturated heterocycles. The maximum atomic E-state index is 14.3. The summed E-state index contributed by atoms with van der Waals surface area (Å²) in [5, 5.41) is 21.0. The number of methoxy groups -OCH3 is 1. The summed E-state index contributed by atoms with van der Waals surface area (Å²) in [6.45, 7) is 7.59. The summed E-state index contributed by atoms with van der Waals surface area (Å²) in [6, 6.07) is 20.9. The summed E-state index contributed by atoms with van der Waals surface area (Å²) < 4.78 is 34.6. The Morgan fingerprint density at radius 3 is 2.14 bits per heavy atom. The van der Waals surface area contributed by atoms with Gasteiger partial charge in [0.2, 0.25) is 0 Å². The van der Waals surface area contributed by atoms with Crippen molar-refractivity contribution in [1.29, 1.82) is 10.5 Å². The number of benzene rings is 3. The van der Waals surface area contributed by atoms with Crippen LogP contribution in [0.3, 0.4) is 0 Å². The molecule has 7 nitrogen and oxygen atoms in total. The first-order valence-corrected chi connectivity index (χ1v) is 12.9. The number of esters is 1. The van der Waals surface area contributed by atoms with Gasteiger partial charge in [-0.05, 0) is 60.9 Å². The second-order valence-electron chi connectivity index (χ2n) is 9.00. The fourth-order valence-corrected chi connectivity index (χ4v) is 6.55. The number of hydrogen-bond donors (Lipinski definition) is 0. The van der Waals surface area contributed by atoms with Crippen LogP contribution in [0.1, 0.15) is 44.6 Å². The van der Waals surface area contributed by atoms with Crippen LogP contribution >= 0.6 is 0 Å². The molecular formula is C29H25N3O4S. The summed E-state index contributed by atoms with van der Waals surface area (Å²) in [4.78, 5) is 12.1. The standard InChI is InChI=1S/C29H25N3O4S/c1-5-25-24-15-8-20(3)16-26(24)32(37(34,35)23-13-6-19(2)7-14-23)27(29(25,17-30)18-31)21-9-11-22(12-10-21)28(33)36-4/h5-16,25,27H,1H2,2-4H3/t25-,27-/m1/s1. The SMILES string of the molecule is C=C[C@@H]1c2ccc(C)cc2N(S(=O)(=O)c2ccc(C)cc2)[C@H](c2ccc(C(=O)OC)cc2)C1(C#N)C#N. The van der Waals surface area contributed by atoms with E-state index in [0.717, 1.165) is 11.1 Å². The molecule has 0 N–H and O–H groups in total. The third-order valence-corrected chi connectivity index (χ3v) is 8.54. The Bertz CT molecular complexity index is 1550. The predicted molar refractivity (Wildman–Crippen MR) is 139 cm³/mol. The Balaban J connectivity index is 2.10. The Morgan fingerprint density at radius 1 is 1.00 bits per heavy atom. The van der Waals surface area contributed by atoms with Crippen molar-refractivity contribution in [3.05, 3.63) is 107 Å². The Hall–Kier alpha value is -4.40. The monoisotopic (exact) mass is 511 g/mol. The average Bonchev–Trinajstić information content (AvgIpc) is 2.91. The lowest BCUT2D eigenvalue weighted by atomic mass is 9.64. The maximum absolute atomic E-state index is 14.3. The molecule has 186 valence electrons. The zero-order valence-corrected chi connectivity index (χ0v) is 21.5. The molecule has 0 unspecified atom stereocenters. The third-order valence-electron chi connectivity index (χ3n) is 6.75. The van der Waals surface area contributed by atoms with E-state index in [2.05, 4.69) is 18.7 Å². The largest absolute Gasteiger partial charge is 0.465 e. The average molecular weight is 512 g/mol. The van der Waals surface area contributed by atoms with Crippen LogP contribution in [0, 0.1) is 41.9 Å². The quantitative estimate of drug-likeness (QED) is 0.338. The molecule has 0 saturated carbocycles. The van der Waals surface area contributed by atoms with E-state index in [4.69, 9.17) is 4.74 Å². The lowest BCUT2D eigenvalue weighted by Crippen LogP contribution is -2.50. The van der Waals surface area contributed by atoms with Crippen molar-refractivity contribution in [2.75, 3.05) is 11.4 Å². The molecule has 1 aliphatic heterocycles. The van der Waals surface area contributed by atoms with Crippen molar-refractivity contribution < 1.29 is 17.9 Å². The molecule has 0 bridgehead atoms. The topological polar surface area (TPSA) is 111 Å². The van der Waals surface area contributed by atoms with Crippen LogP contribution in [0.25, 0.3) is 0 Å². The van der Waals surface area contributed by atoms with Crippen LogP contribution in [0.5, 0.6) is 0 Å². The van der Waals surface area contributed by atoms with Crippen molar-refractivity contribution in [2.24, 2.45) is 5.41 Å². The fourth-order valence-electron chi connectivity index (χ4n) is 4.86. The van der Waals surface area contributed by atoms with Crippen molar-refractivity contribution in [3.8, 4) is 12.1 Å². The summed E-state index contributed by atoms with van der Waals surface area (Å²) in [5.41, 5.74) is 1.37. The van der Waals surface area contributed by atoms with Gasteiger partial charge in [0, 0.05) is 5.92 Å². The molecule has 0 spiro atoms. The van der Waals surface area contributed by atoms with Gasteiger partial charge in [-0.15, -0.1) is 6.58 Å². The van der Waals surface area contributed by atoms with Crippen LogP contribution in [-0.2, 0) is 14.8 Å². The molecule has 8 heteroatoms. The van der Waals surface area contributed by atoms with Gasteiger partial charge in [0.05, 0.1) is 35.4 Å². The number of allylic oxidation sites excluding steroid dienone is 1. The van der Waals surface area contributed by atoms with Gasteiger partial charge in [-0.3, -0.25) is 4.31 Å². The minimum atomic E-state index is -4.26. The molecular weight excluding hydrogens is 486 g/mol. The number of anilines is 1. The van der Waals surface area contributed by atoms with E-state index in [1.165, 1.54) is 41.8 Å². The number of sulfonamides is 1. The number of nitrogens with zero attached hydrogens (tertiary/aromatic N) is 3.